The van der Waals surface area contributed by atoms with Crippen molar-refractivity contribution in [3.05, 3.63) is 54.1 Å². The average Bonchev–Trinajstić information content (AvgIpc) is 2.83. The molecule has 0 unspecified atom stereocenters. The highest BCUT2D eigenvalue weighted by Gasteiger charge is 2.48. The van der Waals surface area contributed by atoms with E-state index < -0.39 is 15.6 Å². The van der Waals surface area contributed by atoms with Gasteiger partial charge < -0.3 is 4.18 Å². The van der Waals surface area contributed by atoms with E-state index in [0.717, 1.165) is 27.5 Å². The maximum absolute atomic E-state index is 12.6. The molecule has 0 spiro atoms. The van der Waals surface area contributed by atoms with Gasteiger partial charge in [-0.15, -0.1) is 0 Å². The second-order valence-corrected chi connectivity index (χ2v) is 7.39. The Labute approximate surface area is 141 Å². The molecular weight excluding hydrogens is 353 g/mol. The molecule has 7 heteroatoms. The predicted molar refractivity (Wildman–Crippen MR) is 88.7 cm³/mol. The summed E-state index contributed by atoms with van der Waals surface area (Å²) in [5.74, 6) is -0.349. The quantitative estimate of drug-likeness (QED) is 0.370. The SMILES string of the molecule is Cc1cc(OS(=O)(=O)C(F)(F)F)cc2c1-c1cccc3cccc-2c13. The van der Waals surface area contributed by atoms with Crippen molar-refractivity contribution in [3.8, 4) is 28.0 Å². The van der Waals surface area contributed by atoms with Crippen molar-refractivity contribution >= 4 is 20.9 Å². The first-order chi connectivity index (χ1) is 11.7. The van der Waals surface area contributed by atoms with Crippen LogP contribution in [0.1, 0.15) is 5.56 Å². The highest BCUT2D eigenvalue weighted by atomic mass is 32.2. The van der Waals surface area contributed by atoms with Gasteiger partial charge in [-0.05, 0) is 57.6 Å². The number of alkyl halides is 3. The van der Waals surface area contributed by atoms with Gasteiger partial charge in [-0.25, -0.2) is 0 Å². The van der Waals surface area contributed by atoms with E-state index in [1.807, 2.05) is 36.4 Å². The molecule has 0 radical (unpaired) electrons. The third-order valence-corrected chi connectivity index (χ3v) is 5.24. The summed E-state index contributed by atoms with van der Waals surface area (Å²) in [6, 6.07) is 14.1. The van der Waals surface area contributed by atoms with Crippen molar-refractivity contribution in [2.75, 3.05) is 0 Å². The third-order valence-electron chi connectivity index (χ3n) is 4.26. The van der Waals surface area contributed by atoms with Crippen LogP contribution in [0.3, 0.4) is 0 Å². The maximum Gasteiger partial charge on any atom is 0.534 e. The normalized spacial score (nSPS) is 13.1. The second-order valence-electron chi connectivity index (χ2n) is 5.86. The van der Waals surface area contributed by atoms with Crippen molar-refractivity contribution in [2.45, 2.75) is 12.4 Å². The minimum absolute atomic E-state index is 0.349. The molecule has 3 aromatic rings. The summed E-state index contributed by atoms with van der Waals surface area (Å²) < 4.78 is 64.6. The fourth-order valence-electron chi connectivity index (χ4n) is 3.32. The molecule has 0 aliphatic heterocycles. The average molecular weight is 364 g/mol. The number of hydrogen-bond donors (Lipinski definition) is 0. The summed E-state index contributed by atoms with van der Waals surface area (Å²) in [6.07, 6.45) is 0. The number of hydrogen-bond acceptors (Lipinski definition) is 3. The summed E-state index contributed by atoms with van der Waals surface area (Å²) in [6.45, 7) is 1.72. The van der Waals surface area contributed by atoms with E-state index in [0.29, 0.717) is 11.1 Å². The fraction of sp³-hybridized carbons (Fsp3) is 0.111. The van der Waals surface area contributed by atoms with Crippen molar-refractivity contribution in [1.82, 2.24) is 0 Å². The fourth-order valence-corrected chi connectivity index (χ4v) is 3.76. The van der Waals surface area contributed by atoms with Crippen LogP contribution < -0.4 is 4.18 Å². The van der Waals surface area contributed by atoms with E-state index in [9.17, 15) is 21.6 Å². The lowest BCUT2D eigenvalue weighted by Crippen LogP contribution is -2.28. The van der Waals surface area contributed by atoms with Crippen LogP contribution in [0.2, 0.25) is 0 Å². The number of aryl methyl sites for hydroxylation is 1. The highest BCUT2D eigenvalue weighted by molar-refractivity contribution is 7.88. The van der Waals surface area contributed by atoms with Gasteiger partial charge in [0.1, 0.15) is 5.75 Å². The minimum atomic E-state index is -5.70. The Balaban J connectivity index is 1.92. The standard InChI is InChI=1S/C18H11F3O3S/c1-10-8-12(24-25(22,23)18(19,20)21)9-15-13-6-2-4-11-5-3-7-14(16(10)15)17(11)13/h2-9H,1H3. The van der Waals surface area contributed by atoms with Crippen LogP contribution >= 0.6 is 0 Å². The molecule has 3 nitrogen and oxygen atoms in total. The van der Waals surface area contributed by atoms with Crippen LogP contribution in [-0.4, -0.2) is 13.9 Å². The molecule has 0 N–H and O–H groups in total. The van der Waals surface area contributed by atoms with Crippen molar-refractivity contribution in [3.63, 3.8) is 0 Å². The second kappa shape index (κ2) is 4.98. The van der Waals surface area contributed by atoms with Crippen LogP contribution in [-0.2, 0) is 10.1 Å². The molecule has 0 bridgehead atoms. The maximum atomic E-state index is 12.6. The Morgan fingerprint density at radius 2 is 1.56 bits per heavy atom. The van der Waals surface area contributed by atoms with Gasteiger partial charge in [0.05, 0.1) is 0 Å². The van der Waals surface area contributed by atoms with Gasteiger partial charge in [-0.3, -0.25) is 0 Å². The molecule has 4 rings (SSSR count). The van der Waals surface area contributed by atoms with E-state index in [1.165, 1.54) is 12.1 Å². The molecule has 0 saturated carbocycles. The first kappa shape index (κ1) is 16.0. The molecule has 0 fully saturated rings. The first-order valence-corrected chi connectivity index (χ1v) is 8.78. The lowest BCUT2D eigenvalue weighted by molar-refractivity contribution is -0.0500. The van der Waals surface area contributed by atoms with Crippen LogP contribution in [0.15, 0.2) is 48.5 Å². The van der Waals surface area contributed by atoms with E-state index >= 15 is 0 Å². The predicted octanol–water partition coefficient (Wildman–Crippen LogP) is 5.02. The molecule has 0 amide bonds. The Kier molecular flexibility index (Phi) is 3.18. The van der Waals surface area contributed by atoms with Crippen molar-refractivity contribution in [1.29, 1.82) is 0 Å². The molecule has 128 valence electrons. The Hall–Kier alpha value is -2.54. The minimum Gasteiger partial charge on any atom is -0.376 e. The molecule has 0 atom stereocenters. The van der Waals surface area contributed by atoms with Gasteiger partial charge in [0.15, 0.2) is 0 Å². The largest absolute Gasteiger partial charge is 0.534 e. The van der Waals surface area contributed by atoms with Crippen molar-refractivity contribution < 1.29 is 25.8 Å². The smallest absolute Gasteiger partial charge is 0.376 e. The van der Waals surface area contributed by atoms with Gasteiger partial charge >= 0.3 is 15.6 Å². The lowest BCUT2D eigenvalue weighted by atomic mass is 9.99. The monoisotopic (exact) mass is 364 g/mol. The van der Waals surface area contributed by atoms with Crippen molar-refractivity contribution in [2.24, 2.45) is 0 Å². The van der Waals surface area contributed by atoms with Gasteiger partial charge in [-0.2, -0.15) is 21.6 Å². The van der Waals surface area contributed by atoms with Gasteiger partial charge in [0.25, 0.3) is 0 Å². The van der Waals surface area contributed by atoms with E-state index in [-0.39, 0.29) is 5.75 Å². The highest BCUT2D eigenvalue weighted by Crippen LogP contribution is 2.50. The molecule has 0 saturated heterocycles. The summed E-state index contributed by atoms with van der Waals surface area (Å²) in [4.78, 5) is 0. The third kappa shape index (κ3) is 2.30. The molecule has 0 heterocycles. The summed E-state index contributed by atoms with van der Waals surface area (Å²) >= 11 is 0. The molecule has 1 aliphatic rings. The Morgan fingerprint density at radius 1 is 0.920 bits per heavy atom. The molecular formula is C18H11F3O3S. The topological polar surface area (TPSA) is 43.4 Å². The summed E-state index contributed by atoms with van der Waals surface area (Å²) in [5, 5.41) is 2.01. The zero-order valence-electron chi connectivity index (χ0n) is 12.9. The summed E-state index contributed by atoms with van der Waals surface area (Å²) in [7, 11) is -5.70. The first-order valence-electron chi connectivity index (χ1n) is 7.37. The molecule has 0 aromatic heterocycles. The lowest BCUT2D eigenvalue weighted by Gasteiger charge is -2.13. The van der Waals surface area contributed by atoms with Crippen LogP contribution in [0.25, 0.3) is 33.0 Å². The van der Waals surface area contributed by atoms with Crippen LogP contribution in [0.4, 0.5) is 13.2 Å². The Morgan fingerprint density at radius 3 is 2.20 bits per heavy atom. The molecule has 1 aliphatic carbocycles. The molecule has 25 heavy (non-hydrogen) atoms. The van der Waals surface area contributed by atoms with Crippen LogP contribution in [0, 0.1) is 6.92 Å². The molecule has 3 aromatic carbocycles. The van der Waals surface area contributed by atoms with Gasteiger partial charge in [0.2, 0.25) is 0 Å². The number of rotatable bonds is 2. The van der Waals surface area contributed by atoms with E-state index in [1.54, 1.807) is 6.92 Å². The van der Waals surface area contributed by atoms with Crippen LogP contribution in [0.5, 0.6) is 5.75 Å². The summed E-state index contributed by atoms with van der Waals surface area (Å²) in [5.41, 5.74) is -1.45. The van der Waals surface area contributed by atoms with E-state index in [2.05, 4.69) is 4.18 Å². The van der Waals surface area contributed by atoms with Gasteiger partial charge in [-0.1, -0.05) is 36.4 Å². The zero-order chi connectivity index (χ0) is 18.0. The number of benzene rings is 3. The zero-order valence-corrected chi connectivity index (χ0v) is 13.7. The van der Waals surface area contributed by atoms with E-state index in [4.69, 9.17) is 0 Å². The number of halogens is 3. The Bertz CT molecular complexity index is 1130. The number of fused-ring (bicyclic) bond motifs is 3. The van der Waals surface area contributed by atoms with Gasteiger partial charge in [0, 0.05) is 0 Å².